The van der Waals surface area contributed by atoms with Gasteiger partial charge in [0.1, 0.15) is 0 Å². The molecule has 0 saturated carbocycles. The molecule has 1 aromatic carbocycles. The second kappa shape index (κ2) is 4.28. The SMILES string of the molecule is CCC(=O)Nc1ccc(Br)c(N)c1. The summed E-state index contributed by atoms with van der Waals surface area (Å²) in [6, 6.07) is 5.33. The molecule has 0 atom stereocenters. The molecular formula is C9H11BrN2O. The third kappa shape index (κ3) is 2.73. The maximum absolute atomic E-state index is 11.0. The molecule has 0 unspecified atom stereocenters. The van der Waals surface area contributed by atoms with E-state index in [0.717, 1.165) is 10.2 Å². The first-order valence-electron chi connectivity index (χ1n) is 3.98. The number of hydrogen-bond donors (Lipinski definition) is 2. The standard InChI is InChI=1S/C9H11BrN2O/c1-2-9(13)12-6-3-4-7(10)8(11)5-6/h3-5H,2,11H2,1H3,(H,12,13). The van der Waals surface area contributed by atoms with Gasteiger partial charge in [-0.05, 0) is 34.1 Å². The van der Waals surface area contributed by atoms with Crippen molar-refractivity contribution in [3.8, 4) is 0 Å². The Hall–Kier alpha value is -1.03. The zero-order valence-corrected chi connectivity index (χ0v) is 8.89. The molecule has 0 bridgehead atoms. The van der Waals surface area contributed by atoms with Gasteiger partial charge < -0.3 is 11.1 Å². The van der Waals surface area contributed by atoms with Gasteiger partial charge in [0.2, 0.25) is 5.91 Å². The van der Waals surface area contributed by atoms with Crippen molar-refractivity contribution in [3.05, 3.63) is 22.7 Å². The Morgan fingerprint density at radius 3 is 2.85 bits per heavy atom. The number of carbonyl (C=O) groups is 1. The normalized spacial score (nSPS) is 9.69. The van der Waals surface area contributed by atoms with Gasteiger partial charge in [0.15, 0.2) is 0 Å². The van der Waals surface area contributed by atoms with Crippen LogP contribution in [-0.4, -0.2) is 5.91 Å². The zero-order valence-electron chi connectivity index (χ0n) is 7.30. The number of hydrogen-bond acceptors (Lipinski definition) is 2. The van der Waals surface area contributed by atoms with Crippen LogP contribution in [0, 0.1) is 0 Å². The van der Waals surface area contributed by atoms with E-state index in [1.807, 2.05) is 0 Å². The van der Waals surface area contributed by atoms with Crippen molar-refractivity contribution in [2.75, 3.05) is 11.1 Å². The van der Waals surface area contributed by atoms with Crippen LogP contribution in [0.25, 0.3) is 0 Å². The van der Waals surface area contributed by atoms with E-state index in [9.17, 15) is 4.79 Å². The van der Waals surface area contributed by atoms with Gasteiger partial charge in [0.25, 0.3) is 0 Å². The number of anilines is 2. The van der Waals surface area contributed by atoms with Gasteiger partial charge in [-0.1, -0.05) is 6.92 Å². The summed E-state index contributed by atoms with van der Waals surface area (Å²) in [5.41, 5.74) is 6.99. The van der Waals surface area contributed by atoms with Crippen LogP contribution in [0.1, 0.15) is 13.3 Å². The molecule has 1 aromatic rings. The molecule has 0 radical (unpaired) electrons. The second-order valence-corrected chi connectivity index (χ2v) is 3.49. The predicted molar refractivity (Wildman–Crippen MR) is 57.5 cm³/mol. The number of halogens is 1. The first-order valence-corrected chi connectivity index (χ1v) is 4.77. The van der Waals surface area contributed by atoms with Crippen molar-refractivity contribution >= 4 is 33.2 Å². The molecule has 3 N–H and O–H groups in total. The van der Waals surface area contributed by atoms with Crippen molar-refractivity contribution in [3.63, 3.8) is 0 Å². The van der Waals surface area contributed by atoms with Gasteiger partial charge >= 0.3 is 0 Å². The molecule has 1 rings (SSSR count). The molecule has 0 fully saturated rings. The Kier molecular flexibility index (Phi) is 3.31. The van der Waals surface area contributed by atoms with Gasteiger partial charge in [0.05, 0.1) is 0 Å². The lowest BCUT2D eigenvalue weighted by Gasteiger charge is -2.05. The minimum Gasteiger partial charge on any atom is -0.398 e. The monoisotopic (exact) mass is 242 g/mol. The summed E-state index contributed by atoms with van der Waals surface area (Å²) in [5, 5.41) is 2.72. The fourth-order valence-corrected chi connectivity index (χ4v) is 1.12. The Morgan fingerprint density at radius 1 is 1.62 bits per heavy atom. The number of nitrogens with one attached hydrogen (secondary N) is 1. The van der Waals surface area contributed by atoms with Crippen LogP contribution in [0.4, 0.5) is 11.4 Å². The highest BCUT2D eigenvalue weighted by Crippen LogP contribution is 2.22. The fraction of sp³-hybridized carbons (Fsp3) is 0.222. The average Bonchev–Trinajstić information content (AvgIpc) is 2.11. The Bertz CT molecular complexity index is 325. The Labute approximate surface area is 85.4 Å². The summed E-state index contributed by atoms with van der Waals surface area (Å²) < 4.78 is 0.835. The van der Waals surface area contributed by atoms with Crippen LogP contribution < -0.4 is 11.1 Å². The number of nitrogens with two attached hydrogens (primary N) is 1. The second-order valence-electron chi connectivity index (χ2n) is 2.64. The third-order valence-electron chi connectivity index (χ3n) is 1.60. The Balaban J connectivity index is 2.79. The molecule has 0 aliphatic carbocycles. The van der Waals surface area contributed by atoms with E-state index in [1.54, 1.807) is 25.1 Å². The van der Waals surface area contributed by atoms with Gasteiger partial charge in [-0.25, -0.2) is 0 Å². The lowest BCUT2D eigenvalue weighted by molar-refractivity contribution is -0.115. The van der Waals surface area contributed by atoms with Crippen LogP contribution in [0.3, 0.4) is 0 Å². The van der Waals surface area contributed by atoms with E-state index in [1.165, 1.54) is 0 Å². The summed E-state index contributed by atoms with van der Waals surface area (Å²) in [6.45, 7) is 1.80. The van der Waals surface area contributed by atoms with Gasteiger partial charge in [-0.15, -0.1) is 0 Å². The molecule has 0 aromatic heterocycles. The van der Waals surface area contributed by atoms with Crippen LogP contribution in [0.15, 0.2) is 22.7 Å². The maximum Gasteiger partial charge on any atom is 0.224 e. The molecule has 3 nitrogen and oxygen atoms in total. The highest BCUT2D eigenvalue weighted by Gasteiger charge is 2.00. The topological polar surface area (TPSA) is 55.1 Å². The van der Waals surface area contributed by atoms with Gasteiger partial charge in [-0.3, -0.25) is 4.79 Å². The average molecular weight is 243 g/mol. The first kappa shape index (κ1) is 10.1. The fourth-order valence-electron chi connectivity index (χ4n) is 0.871. The number of rotatable bonds is 2. The van der Waals surface area contributed by atoms with E-state index >= 15 is 0 Å². The van der Waals surface area contributed by atoms with E-state index in [-0.39, 0.29) is 5.91 Å². The number of carbonyl (C=O) groups excluding carboxylic acids is 1. The van der Waals surface area contributed by atoms with Crippen molar-refractivity contribution in [2.24, 2.45) is 0 Å². The highest BCUT2D eigenvalue weighted by atomic mass is 79.9. The first-order chi connectivity index (χ1) is 6.13. The Morgan fingerprint density at radius 2 is 2.31 bits per heavy atom. The molecule has 70 valence electrons. The predicted octanol–water partition coefficient (Wildman–Crippen LogP) is 2.38. The summed E-state index contributed by atoms with van der Waals surface area (Å²) >= 11 is 3.27. The van der Waals surface area contributed by atoms with Crippen LogP contribution >= 0.6 is 15.9 Å². The van der Waals surface area contributed by atoms with Gasteiger partial charge in [0, 0.05) is 22.3 Å². The largest absolute Gasteiger partial charge is 0.398 e. The van der Waals surface area contributed by atoms with Crippen LogP contribution in [0.5, 0.6) is 0 Å². The molecule has 0 aliphatic rings. The summed E-state index contributed by atoms with van der Waals surface area (Å²) in [7, 11) is 0. The van der Waals surface area contributed by atoms with Gasteiger partial charge in [-0.2, -0.15) is 0 Å². The maximum atomic E-state index is 11.0. The summed E-state index contributed by atoms with van der Waals surface area (Å²) in [4.78, 5) is 11.0. The number of amides is 1. The minimum absolute atomic E-state index is 0.0123. The molecule has 0 spiro atoms. The zero-order chi connectivity index (χ0) is 9.84. The van der Waals surface area contributed by atoms with Crippen LogP contribution in [0.2, 0.25) is 0 Å². The lowest BCUT2D eigenvalue weighted by Crippen LogP contribution is -2.09. The lowest BCUT2D eigenvalue weighted by atomic mass is 10.3. The molecule has 13 heavy (non-hydrogen) atoms. The third-order valence-corrected chi connectivity index (χ3v) is 2.32. The van der Waals surface area contributed by atoms with Crippen molar-refractivity contribution in [1.82, 2.24) is 0 Å². The van der Waals surface area contributed by atoms with Crippen molar-refractivity contribution < 1.29 is 4.79 Å². The molecule has 1 amide bonds. The smallest absolute Gasteiger partial charge is 0.224 e. The molecule has 0 saturated heterocycles. The summed E-state index contributed by atoms with van der Waals surface area (Å²) in [5.74, 6) is -0.0123. The summed E-state index contributed by atoms with van der Waals surface area (Å²) in [6.07, 6.45) is 0.468. The molecule has 0 aliphatic heterocycles. The number of benzene rings is 1. The quantitative estimate of drug-likeness (QED) is 0.783. The van der Waals surface area contributed by atoms with E-state index in [0.29, 0.717) is 12.1 Å². The number of nitrogen functional groups attached to an aromatic ring is 1. The van der Waals surface area contributed by atoms with Crippen molar-refractivity contribution in [1.29, 1.82) is 0 Å². The van der Waals surface area contributed by atoms with E-state index in [2.05, 4.69) is 21.2 Å². The highest BCUT2D eigenvalue weighted by molar-refractivity contribution is 9.10. The van der Waals surface area contributed by atoms with E-state index in [4.69, 9.17) is 5.73 Å². The van der Waals surface area contributed by atoms with Crippen molar-refractivity contribution in [2.45, 2.75) is 13.3 Å². The molecule has 0 heterocycles. The van der Waals surface area contributed by atoms with E-state index < -0.39 is 0 Å². The minimum atomic E-state index is -0.0123. The van der Waals surface area contributed by atoms with Crippen LogP contribution in [-0.2, 0) is 4.79 Å². The molecule has 4 heteroatoms. The molecular weight excluding hydrogens is 232 g/mol.